The average Bonchev–Trinajstić information content (AvgIpc) is 2.48. The van der Waals surface area contributed by atoms with Gasteiger partial charge in [-0.25, -0.2) is 0 Å². The van der Waals surface area contributed by atoms with E-state index in [0.717, 1.165) is 18.7 Å². The van der Waals surface area contributed by atoms with Crippen LogP contribution < -0.4 is 4.90 Å². The molecule has 1 N–H and O–H groups in total. The second kappa shape index (κ2) is 4.42. The minimum Gasteiger partial charge on any atom is -0.328 e. The second-order valence-corrected chi connectivity index (χ2v) is 5.73. The molecule has 2 saturated heterocycles. The van der Waals surface area contributed by atoms with Gasteiger partial charge in [0.15, 0.2) is 6.73 Å². The number of fused-ring (bicyclic) bond motifs is 2. The van der Waals surface area contributed by atoms with Crippen LogP contribution in [0, 0.1) is 5.92 Å². The first-order chi connectivity index (χ1) is 7.43. The van der Waals surface area contributed by atoms with Gasteiger partial charge < -0.3 is 9.64 Å². The fourth-order valence-electron chi connectivity index (χ4n) is 3.87. The highest BCUT2D eigenvalue weighted by atomic mass is 16.5. The molecule has 3 fully saturated rings. The molecular formula is C13H24NO+. The number of nitrogens with one attached hydrogen (secondary N) is 1. The fourth-order valence-corrected chi connectivity index (χ4v) is 3.87. The Kier molecular flexibility index (Phi) is 2.98. The lowest BCUT2D eigenvalue weighted by molar-refractivity contribution is -0.947. The number of ether oxygens (including phenoxy) is 1. The molecule has 0 aromatic carbocycles. The Balaban J connectivity index is 1.70. The third-order valence-electron chi connectivity index (χ3n) is 4.79. The molecule has 2 nitrogen and oxygen atoms in total. The van der Waals surface area contributed by atoms with Crippen molar-refractivity contribution >= 4 is 0 Å². The van der Waals surface area contributed by atoms with Crippen LogP contribution in [0.4, 0.5) is 0 Å². The van der Waals surface area contributed by atoms with Crippen molar-refractivity contribution in [2.24, 2.45) is 5.92 Å². The summed E-state index contributed by atoms with van der Waals surface area (Å²) in [5.41, 5.74) is 0. The summed E-state index contributed by atoms with van der Waals surface area (Å²) in [5, 5.41) is 0. The molecule has 2 aliphatic heterocycles. The molecule has 2 heteroatoms. The first-order valence-corrected chi connectivity index (χ1v) is 6.89. The largest absolute Gasteiger partial charge is 0.328 e. The van der Waals surface area contributed by atoms with Gasteiger partial charge in [0.1, 0.15) is 0 Å². The molecule has 0 spiro atoms. The third-order valence-corrected chi connectivity index (χ3v) is 4.79. The van der Waals surface area contributed by atoms with E-state index in [9.17, 15) is 0 Å². The minimum absolute atomic E-state index is 0.622. The molecule has 86 valence electrons. The maximum absolute atomic E-state index is 6.14. The summed E-state index contributed by atoms with van der Waals surface area (Å²) in [4.78, 5) is 1.76. The van der Waals surface area contributed by atoms with E-state index in [1.807, 2.05) is 0 Å². The highest BCUT2D eigenvalue weighted by Gasteiger charge is 2.37. The van der Waals surface area contributed by atoms with Crippen molar-refractivity contribution in [3.05, 3.63) is 0 Å². The number of quaternary nitrogens is 1. The zero-order chi connectivity index (χ0) is 10.1. The molecule has 3 aliphatic rings. The summed E-state index contributed by atoms with van der Waals surface area (Å²) in [6, 6.07) is 0.937. The topological polar surface area (TPSA) is 13.7 Å². The lowest BCUT2D eigenvalue weighted by Gasteiger charge is -2.31. The zero-order valence-corrected chi connectivity index (χ0v) is 9.71. The Morgan fingerprint density at radius 2 is 1.80 bits per heavy atom. The van der Waals surface area contributed by atoms with Crippen LogP contribution in [0.25, 0.3) is 0 Å². The van der Waals surface area contributed by atoms with Crippen LogP contribution >= 0.6 is 0 Å². The summed E-state index contributed by atoms with van der Waals surface area (Å²) in [7, 11) is 0. The predicted octanol–water partition coefficient (Wildman–Crippen LogP) is 1.36. The molecule has 3 rings (SSSR count). The van der Waals surface area contributed by atoms with E-state index in [4.69, 9.17) is 4.74 Å². The van der Waals surface area contributed by atoms with Crippen LogP contribution in [0.1, 0.15) is 51.4 Å². The van der Waals surface area contributed by atoms with Gasteiger partial charge in [-0.05, 0) is 38.0 Å². The van der Waals surface area contributed by atoms with E-state index in [0.29, 0.717) is 6.10 Å². The summed E-state index contributed by atoms with van der Waals surface area (Å²) in [6.45, 7) is 2.37. The Labute approximate surface area is 93.0 Å². The fraction of sp³-hybridized carbons (Fsp3) is 1.00. The summed E-state index contributed by atoms with van der Waals surface area (Å²) in [5.74, 6) is 0.902. The van der Waals surface area contributed by atoms with Crippen LogP contribution in [0.2, 0.25) is 0 Å². The molecule has 0 bridgehead atoms. The van der Waals surface area contributed by atoms with Gasteiger partial charge in [-0.2, -0.15) is 0 Å². The first kappa shape index (κ1) is 10.1. The quantitative estimate of drug-likeness (QED) is 0.637. The molecule has 1 unspecified atom stereocenters. The van der Waals surface area contributed by atoms with Gasteiger partial charge >= 0.3 is 0 Å². The van der Waals surface area contributed by atoms with Crippen LogP contribution in [0.5, 0.6) is 0 Å². The number of hydrogen-bond acceptors (Lipinski definition) is 1. The van der Waals surface area contributed by atoms with Gasteiger partial charge in [-0.15, -0.1) is 0 Å². The Morgan fingerprint density at radius 3 is 2.80 bits per heavy atom. The normalized spacial score (nSPS) is 46.4. The molecule has 15 heavy (non-hydrogen) atoms. The lowest BCUT2D eigenvalue weighted by atomic mass is 9.81. The van der Waals surface area contributed by atoms with E-state index in [2.05, 4.69) is 0 Å². The van der Waals surface area contributed by atoms with Crippen LogP contribution in [0.15, 0.2) is 0 Å². The molecule has 0 aromatic rings. The molecule has 0 amide bonds. The number of hydrogen-bond donors (Lipinski definition) is 1. The maximum Gasteiger partial charge on any atom is 0.182 e. The van der Waals surface area contributed by atoms with Crippen molar-refractivity contribution in [1.82, 2.24) is 0 Å². The van der Waals surface area contributed by atoms with Gasteiger partial charge in [-0.1, -0.05) is 12.8 Å². The third kappa shape index (κ3) is 2.07. The molecule has 4 atom stereocenters. The van der Waals surface area contributed by atoms with E-state index < -0.39 is 0 Å². The predicted molar refractivity (Wildman–Crippen MR) is 59.8 cm³/mol. The second-order valence-electron chi connectivity index (χ2n) is 5.73. The Morgan fingerprint density at radius 1 is 0.933 bits per heavy atom. The molecule has 0 radical (unpaired) electrons. The average molecular weight is 210 g/mol. The van der Waals surface area contributed by atoms with E-state index in [-0.39, 0.29) is 0 Å². The summed E-state index contributed by atoms with van der Waals surface area (Å²) < 4.78 is 6.14. The van der Waals surface area contributed by atoms with Crippen LogP contribution in [-0.4, -0.2) is 25.4 Å². The van der Waals surface area contributed by atoms with Crippen molar-refractivity contribution in [3.63, 3.8) is 0 Å². The van der Waals surface area contributed by atoms with E-state index in [1.54, 1.807) is 4.90 Å². The smallest absolute Gasteiger partial charge is 0.182 e. The summed E-state index contributed by atoms with van der Waals surface area (Å²) in [6.07, 6.45) is 12.1. The monoisotopic (exact) mass is 210 g/mol. The van der Waals surface area contributed by atoms with E-state index in [1.165, 1.54) is 57.9 Å². The van der Waals surface area contributed by atoms with Gasteiger partial charge in [0.25, 0.3) is 0 Å². The van der Waals surface area contributed by atoms with Gasteiger partial charge in [-0.3, -0.25) is 0 Å². The van der Waals surface area contributed by atoms with Crippen molar-refractivity contribution < 1.29 is 9.64 Å². The number of piperidine rings is 1. The molecule has 1 aliphatic carbocycles. The lowest BCUT2D eigenvalue weighted by Crippen LogP contribution is -3.16. The SMILES string of the molecule is C1CC[C@H]2OC[NH+]3CCCC[C@@H]3C[C@@H]2C1. The molecular weight excluding hydrogens is 186 g/mol. The zero-order valence-electron chi connectivity index (χ0n) is 9.71. The maximum atomic E-state index is 6.14. The van der Waals surface area contributed by atoms with E-state index >= 15 is 0 Å². The minimum atomic E-state index is 0.622. The van der Waals surface area contributed by atoms with Gasteiger partial charge in [0.2, 0.25) is 0 Å². The molecule has 0 aromatic heterocycles. The Hall–Kier alpha value is -0.0800. The van der Waals surface area contributed by atoms with Gasteiger partial charge in [0, 0.05) is 6.42 Å². The van der Waals surface area contributed by atoms with Crippen LogP contribution in [0.3, 0.4) is 0 Å². The first-order valence-electron chi connectivity index (χ1n) is 6.89. The van der Waals surface area contributed by atoms with Crippen molar-refractivity contribution in [2.75, 3.05) is 13.3 Å². The van der Waals surface area contributed by atoms with Crippen molar-refractivity contribution in [1.29, 1.82) is 0 Å². The molecule has 2 heterocycles. The standard InChI is InChI=1S/C13H23NO/c1-2-7-13-11(5-1)9-12-6-3-4-8-14(12)10-15-13/h11-13H,1-10H2/p+1/t11-,12+,13+/m0/s1. The number of rotatable bonds is 0. The van der Waals surface area contributed by atoms with Gasteiger partial charge in [0.05, 0.1) is 18.7 Å². The van der Waals surface area contributed by atoms with Crippen molar-refractivity contribution in [3.8, 4) is 0 Å². The molecule has 1 saturated carbocycles. The highest BCUT2D eigenvalue weighted by molar-refractivity contribution is 4.80. The summed E-state index contributed by atoms with van der Waals surface area (Å²) >= 11 is 0. The Bertz CT molecular complexity index is 197. The highest BCUT2D eigenvalue weighted by Crippen LogP contribution is 2.32. The van der Waals surface area contributed by atoms with Crippen LogP contribution in [-0.2, 0) is 4.74 Å². The van der Waals surface area contributed by atoms with Crippen molar-refractivity contribution in [2.45, 2.75) is 63.5 Å².